The van der Waals surface area contributed by atoms with Gasteiger partial charge in [0, 0.05) is 5.92 Å². The molecular formula is C13H20O. The molecule has 0 fully saturated rings. The van der Waals surface area contributed by atoms with Crippen LogP contribution in [0.3, 0.4) is 0 Å². The molecule has 0 aromatic rings. The molecule has 1 atom stereocenters. The van der Waals surface area contributed by atoms with Crippen LogP contribution in [-0.2, 0) is 4.79 Å². The molecule has 1 aliphatic carbocycles. The van der Waals surface area contributed by atoms with Crippen molar-refractivity contribution in [1.82, 2.24) is 0 Å². The zero-order valence-electron chi connectivity index (χ0n) is 9.04. The number of allylic oxidation sites excluding steroid dienone is 4. The molecule has 0 aromatic carbocycles. The minimum atomic E-state index is 0.154. The van der Waals surface area contributed by atoms with Gasteiger partial charge in [0.05, 0.1) is 0 Å². The summed E-state index contributed by atoms with van der Waals surface area (Å²) < 4.78 is 0. The minimum absolute atomic E-state index is 0.154. The molecular weight excluding hydrogens is 172 g/mol. The van der Waals surface area contributed by atoms with E-state index in [1.807, 2.05) is 6.08 Å². The second-order valence-corrected chi connectivity index (χ2v) is 3.92. The summed E-state index contributed by atoms with van der Waals surface area (Å²) in [7, 11) is 0. The van der Waals surface area contributed by atoms with Crippen LogP contribution < -0.4 is 0 Å². The number of ketones is 1. The van der Waals surface area contributed by atoms with Crippen molar-refractivity contribution in [3.05, 3.63) is 24.3 Å². The van der Waals surface area contributed by atoms with E-state index in [-0.39, 0.29) is 11.7 Å². The van der Waals surface area contributed by atoms with Gasteiger partial charge in [-0.05, 0) is 25.3 Å². The lowest BCUT2D eigenvalue weighted by Crippen LogP contribution is -2.01. The molecule has 0 aromatic heterocycles. The van der Waals surface area contributed by atoms with Crippen LogP contribution >= 0.6 is 0 Å². The van der Waals surface area contributed by atoms with E-state index in [9.17, 15) is 4.79 Å². The summed E-state index contributed by atoms with van der Waals surface area (Å²) in [5.41, 5.74) is 0. The van der Waals surface area contributed by atoms with Crippen LogP contribution in [-0.4, -0.2) is 5.78 Å². The highest BCUT2D eigenvalue weighted by Gasteiger charge is 2.15. The van der Waals surface area contributed by atoms with E-state index in [0.29, 0.717) is 0 Å². The molecule has 0 amide bonds. The van der Waals surface area contributed by atoms with E-state index in [1.54, 1.807) is 6.08 Å². The summed E-state index contributed by atoms with van der Waals surface area (Å²) in [6, 6.07) is 0. The molecule has 1 rings (SSSR count). The van der Waals surface area contributed by atoms with Crippen LogP contribution in [0.4, 0.5) is 0 Å². The summed E-state index contributed by atoms with van der Waals surface area (Å²) in [5, 5.41) is 0. The summed E-state index contributed by atoms with van der Waals surface area (Å²) in [4.78, 5) is 11.2. The summed E-state index contributed by atoms with van der Waals surface area (Å²) in [6.45, 7) is 2.22. The first-order valence-corrected chi connectivity index (χ1v) is 5.71. The second kappa shape index (κ2) is 6.58. The van der Waals surface area contributed by atoms with Crippen LogP contribution in [0.2, 0.25) is 0 Å². The molecule has 0 bridgehead atoms. The Kier molecular flexibility index (Phi) is 5.28. The fraction of sp³-hybridized carbons (Fsp3) is 0.615. The van der Waals surface area contributed by atoms with Crippen LogP contribution in [0.15, 0.2) is 24.3 Å². The Morgan fingerprint density at radius 2 is 2.29 bits per heavy atom. The Bertz CT molecular complexity index is 225. The van der Waals surface area contributed by atoms with Gasteiger partial charge in [-0.3, -0.25) is 4.79 Å². The average Bonchev–Trinajstić information content (AvgIpc) is 2.58. The molecule has 0 saturated carbocycles. The van der Waals surface area contributed by atoms with Gasteiger partial charge in [-0.1, -0.05) is 44.4 Å². The van der Waals surface area contributed by atoms with Crippen LogP contribution in [0.25, 0.3) is 0 Å². The molecule has 0 radical (unpaired) electrons. The van der Waals surface area contributed by atoms with Gasteiger partial charge in [-0.2, -0.15) is 0 Å². The Morgan fingerprint density at radius 1 is 1.43 bits per heavy atom. The number of unbranched alkanes of at least 4 members (excludes halogenated alkanes) is 4. The van der Waals surface area contributed by atoms with E-state index in [1.165, 1.54) is 25.7 Å². The van der Waals surface area contributed by atoms with Gasteiger partial charge >= 0.3 is 0 Å². The van der Waals surface area contributed by atoms with Crippen LogP contribution in [0, 0.1) is 5.92 Å². The third kappa shape index (κ3) is 3.91. The highest BCUT2D eigenvalue weighted by Crippen LogP contribution is 2.16. The average molecular weight is 192 g/mol. The number of carbonyl (C=O) groups excluding carboxylic acids is 1. The molecule has 1 unspecified atom stereocenters. The van der Waals surface area contributed by atoms with Crippen molar-refractivity contribution >= 4 is 5.78 Å². The molecule has 14 heavy (non-hydrogen) atoms. The number of carbonyl (C=O) groups is 1. The van der Waals surface area contributed by atoms with E-state index in [2.05, 4.69) is 19.1 Å². The highest BCUT2D eigenvalue weighted by molar-refractivity contribution is 5.95. The lowest BCUT2D eigenvalue weighted by atomic mass is 10.0. The van der Waals surface area contributed by atoms with E-state index < -0.39 is 0 Å². The molecule has 1 heteroatoms. The fourth-order valence-corrected chi connectivity index (χ4v) is 1.69. The van der Waals surface area contributed by atoms with Crippen LogP contribution in [0.5, 0.6) is 0 Å². The second-order valence-electron chi connectivity index (χ2n) is 3.92. The lowest BCUT2D eigenvalue weighted by molar-refractivity contribution is -0.116. The molecule has 1 nitrogen and oxygen atoms in total. The molecule has 0 aliphatic heterocycles. The third-order valence-corrected chi connectivity index (χ3v) is 2.63. The van der Waals surface area contributed by atoms with Gasteiger partial charge in [0.2, 0.25) is 0 Å². The third-order valence-electron chi connectivity index (χ3n) is 2.63. The van der Waals surface area contributed by atoms with Crippen LogP contribution in [0.1, 0.15) is 45.4 Å². The number of hydrogen-bond acceptors (Lipinski definition) is 1. The largest absolute Gasteiger partial charge is 0.294 e. The molecule has 0 spiro atoms. The topological polar surface area (TPSA) is 17.1 Å². The van der Waals surface area contributed by atoms with Gasteiger partial charge in [-0.25, -0.2) is 0 Å². The molecule has 0 heterocycles. The van der Waals surface area contributed by atoms with Crippen molar-refractivity contribution in [1.29, 1.82) is 0 Å². The van der Waals surface area contributed by atoms with Crippen molar-refractivity contribution in [2.24, 2.45) is 5.92 Å². The monoisotopic (exact) mass is 192 g/mol. The zero-order valence-corrected chi connectivity index (χ0v) is 9.04. The van der Waals surface area contributed by atoms with Gasteiger partial charge < -0.3 is 0 Å². The lowest BCUT2D eigenvalue weighted by Gasteiger charge is -1.99. The molecule has 78 valence electrons. The summed E-state index contributed by atoms with van der Waals surface area (Å²) in [5.74, 6) is 0.427. The fourth-order valence-electron chi connectivity index (χ4n) is 1.69. The normalized spacial score (nSPS) is 21.2. The Hall–Kier alpha value is -0.850. The number of rotatable bonds is 6. The Morgan fingerprint density at radius 3 is 2.93 bits per heavy atom. The van der Waals surface area contributed by atoms with Crippen molar-refractivity contribution in [3.8, 4) is 0 Å². The van der Waals surface area contributed by atoms with Crippen molar-refractivity contribution < 1.29 is 4.79 Å². The molecule has 0 saturated heterocycles. The Labute approximate surface area is 86.9 Å². The van der Waals surface area contributed by atoms with E-state index in [4.69, 9.17) is 0 Å². The van der Waals surface area contributed by atoms with Gasteiger partial charge in [0.25, 0.3) is 0 Å². The maximum Gasteiger partial charge on any atom is 0.162 e. The number of hydrogen-bond donors (Lipinski definition) is 0. The van der Waals surface area contributed by atoms with E-state index >= 15 is 0 Å². The summed E-state index contributed by atoms with van der Waals surface area (Å²) in [6.07, 6.45) is 15.1. The quantitative estimate of drug-likeness (QED) is 0.463. The predicted octanol–water partition coefficient (Wildman–Crippen LogP) is 3.66. The Balaban J connectivity index is 2.06. The van der Waals surface area contributed by atoms with Crippen molar-refractivity contribution in [2.75, 3.05) is 0 Å². The predicted molar refractivity (Wildman–Crippen MR) is 60.2 cm³/mol. The zero-order chi connectivity index (χ0) is 10.2. The van der Waals surface area contributed by atoms with Gasteiger partial charge in [0.15, 0.2) is 5.78 Å². The highest BCUT2D eigenvalue weighted by atomic mass is 16.1. The first-order valence-electron chi connectivity index (χ1n) is 5.71. The first kappa shape index (κ1) is 11.2. The molecule has 0 N–H and O–H groups in total. The molecule has 1 aliphatic rings. The SMILES string of the molecule is CCCCCC/C=C/C1CC=CC1=O. The maximum atomic E-state index is 11.2. The minimum Gasteiger partial charge on any atom is -0.294 e. The maximum absolute atomic E-state index is 11.2. The smallest absolute Gasteiger partial charge is 0.162 e. The first-order chi connectivity index (χ1) is 6.84. The van der Waals surface area contributed by atoms with E-state index in [0.717, 1.165) is 12.8 Å². The van der Waals surface area contributed by atoms with Gasteiger partial charge in [0.1, 0.15) is 0 Å². The van der Waals surface area contributed by atoms with Crippen molar-refractivity contribution in [3.63, 3.8) is 0 Å². The van der Waals surface area contributed by atoms with Crippen molar-refractivity contribution in [2.45, 2.75) is 45.4 Å². The van der Waals surface area contributed by atoms with Gasteiger partial charge in [-0.15, -0.1) is 0 Å². The summed E-state index contributed by atoms with van der Waals surface area (Å²) >= 11 is 0. The standard InChI is InChI=1S/C13H20O/c1-2-3-4-5-6-7-9-12-10-8-11-13(12)14/h7-9,11-12H,2-6,10H2,1H3/b9-7+.